The fraction of sp³-hybridized carbons (Fsp3) is 0.0769. The van der Waals surface area contributed by atoms with Crippen LogP contribution in [-0.2, 0) is 6.54 Å². The maximum absolute atomic E-state index is 13.5. The van der Waals surface area contributed by atoms with Gasteiger partial charge in [-0.05, 0) is 39.7 Å². The molecule has 0 saturated carbocycles. The fourth-order valence-corrected chi connectivity index (χ4v) is 2.26. The summed E-state index contributed by atoms with van der Waals surface area (Å²) in [5.74, 6) is -1.44. The van der Waals surface area contributed by atoms with Crippen molar-refractivity contribution in [1.82, 2.24) is 0 Å². The molecule has 0 bridgehead atoms. The quantitative estimate of drug-likeness (QED) is 0.740. The van der Waals surface area contributed by atoms with E-state index in [0.717, 1.165) is 22.2 Å². The van der Waals surface area contributed by atoms with Crippen molar-refractivity contribution < 1.29 is 8.78 Å². The van der Waals surface area contributed by atoms with Gasteiger partial charge in [-0.25, -0.2) is 8.78 Å². The number of hydrogen-bond acceptors (Lipinski definition) is 1. The van der Waals surface area contributed by atoms with Gasteiger partial charge in [-0.1, -0.05) is 29.3 Å². The lowest BCUT2D eigenvalue weighted by atomic mass is 10.2. The molecule has 0 aromatic heterocycles. The highest BCUT2D eigenvalue weighted by molar-refractivity contribution is 9.10. The molecular formula is C13H8BrCl2F2N. The van der Waals surface area contributed by atoms with Gasteiger partial charge in [0.15, 0.2) is 5.82 Å². The van der Waals surface area contributed by atoms with Crippen LogP contribution < -0.4 is 5.32 Å². The van der Waals surface area contributed by atoms with Crippen LogP contribution >= 0.6 is 39.1 Å². The van der Waals surface area contributed by atoms with Gasteiger partial charge < -0.3 is 5.32 Å². The molecule has 1 N–H and O–H groups in total. The topological polar surface area (TPSA) is 12.0 Å². The van der Waals surface area contributed by atoms with Gasteiger partial charge >= 0.3 is 0 Å². The zero-order valence-corrected chi connectivity index (χ0v) is 12.6. The van der Waals surface area contributed by atoms with Crippen LogP contribution in [0.3, 0.4) is 0 Å². The highest BCUT2D eigenvalue weighted by Gasteiger charge is 2.09. The minimum Gasteiger partial charge on any atom is -0.377 e. The highest BCUT2D eigenvalue weighted by atomic mass is 79.9. The Bertz CT molecular complexity index is 597. The summed E-state index contributed by atoms with van der Waals surface area (Å²) in [5, 5.41) is 3.38. The molecule has 0 atom stereocenters. The first-order valence-electron chi connectivity index (χ1n) is 5.29. The van der Waals surface area contributed by atoms with Gasteiger partial charge in [-0.2, -0.15) is 0 Å². The Morgan fingerprint density at radius 1 is 1.05 bits per heavy atom. The average Bonchev–Trinajstić information content (AvgIpc) is 2.32. The maximum Gasteiger partial charge on any atom is 0.150 e. The van der Waals surface area contributed by atoms with Gasteiger partial charge in [0, 0.05) is 17.1 Å². The Labute approximate surface area is 127 Å². The molecular weight excluding hydrogens is 359 g/mol. The van der Waals surface area contributed by atoms with Crippen LogP contribution in [-0.4, -0.2) is 0 Å². The first-order chi connectivity index (χ1) is 8.97. The predicted molar refractivity (Wildman–Crippen MR) is 77.8 cm³/mol. The molecule has 0 amide bonds. The Kier molecular flexibility index (Phi) is 4.66. The molecule has 2 rings (SSSR count). The van der Waals surface area contributed by atoms with Gasteiger partial charge in [0.25, 0.3) is 0 Å². The standard InChI is InChI=1S/C13H8BrCl2F2N/c14-9-2-1-7(3-10(9)15)6-19-13-11(16)4-8(17)5-12(13)18/h1-5,19H,6H2. The van der Waals surface area contributed by atoms with Crippen molar-refractivity contribution in [2.45, 2.75) is 6.54 Å². The minimum absolute atomic E-state index is 0.000656. The monoisotopic (exact) mass is 365 g/mol. The van der Waals surface area contributed by atoms with Gasteiger partial charge in [-0.3, -0.25) is 0 Å². The molecule has 0 aliphatic rings. The SMILES string of the molecule is Fc1cc(F)c(NCc2ccc(Br)c(Cl)c2)c(Cl)c1. The van der Waals surface area contributed by atoms with Crippen molar-refractivity contribution in [3.05, 3.63) is 62.0 Å². The Morgan fingerprint density at radius 3 is 2.42 bits per heavy atom. The van der Waals surface area contributed by atoms with Crippen LogP contribution in [0.15, 0.2) is 34.8 Å². The second-order valence-electron chi connectivity index (χ2n) is 3.85. The van der Waals surface area contributed by atoms with Crippen molar-refractivity contribution >= 4 is 44.8 Å². The van der Waals surface area contributed by atoms with E-state index >= 15 is 0 Å². The molecule has 0 radical (unpaired) electrons. The van der Waals surface area contributed by atoms with E-state index in [1.54, 1.807) is 12.1 Å². The van der Waals surface area contributed by atoms with E-state index in [2.05, 4.69) is 21.2 Å². The van der Waals surface area contributed by atoms with Crippen molar-refractivity contribution in [3.63, 3.8) is 0 Å². The zero-order chi connectivity index (χ0) is 14.0. The molecule has 0 aliphatic heterocycles. The largest absolute Gasteiger partial charge is 0.377 e. The van der Waals surface area contributed by atoms with E-state index in [9.17, 15) is 8.78 Å². The Hall–Kier alpha value is -0.840. The summed E-state index contributed by atoms with van der Waals surface area (Å²) in [6, 6.07) is 7.21. The Balaban J connectivity index is 2.16. The van der Waals surface area contributed by atoms with Crippen LogP contribution in [0.4, 0.5) is 14.5 Å². The average molecular weight is 367 g/mol. The Morgan fingerprint density at radius 2 is 1.79 bits per heavy atom. The lowest BCUT2D eigenvalue weighted by Crippen LogP contribution is -2.02. The summed E-state index contributed by atoms with van der Waals surface area (Å²) in [4.78, 5) is 0. The van der Waals surface area contributed by atoms with E-state index < -0.39 is 11.6 Å². The smallest absolute Gasteiger partial charge is 0.150 e. The summed E-state index contributed by atoms with van der Waals surface area (Å²) in [6.45, 7) is 0.329. The number of halogens is 5. The van der Waals surface area contributed by atoms with E-state index in [0.29, 0.717) is 11.6 Å². The van der Waals surface area contributed by atoms with Crippen molar-refractivity contribution in [3.8, 4) is 0 Å². The van der Waals surface area contributed by atoms with Crippen LogP contribution in [0.2, 0.25) is 10.0 Å². The van der Waals surface area contributed by atoms with Crippen molar-refractivity contribution in [1.29, 1.82) is 0 Å². The summed E-state index contributed by atoms with van der Waals surface area (Å²) in [7, 11) is 0. The minimum atomic E-state index is -0.729. The number of anilines is 1. The summed E-state index contributed by atoms with van der Waals surface area (Å²) < 4.78 is 27.2. The van der Waals surface area contributed by atoms with E-state index in [-0.39, 0.29) is 10.7 Å². The highest BCUT2D eigenvalue weighted by Crippen LogP contribution is 2.28. The van der Waals surface area contributed by atoms with Crippen molar-refractivity contribution in [2.24, 2.45) is 0 Å². The summed E-state index contributed by atoms with van der Waals surface area (Å²) in [5.41, 5.74) is 0.926. The molecule has 0 aliphatic carbocycles. The van der Waals surface area contributed by atoms with Gasteiger partial charge in [0.05, 0.1) is 15.7 Å². The van der Waals surface area contributed by atoms with Crippen molar-refractivity contribution in [2.75, 3.05) is 5.32 Å². The van der Waals surface area contributed by atoms with Crippen LogP contribution in [0.25, 0.3) is 0 Å². The van der Waals surface area contributed by atoms with Gasteiger partial charge in [0.1, 0.15) is 5.82 Å². The third-order valence-corrected chi connectivity index (χ3v) is 3.99. The molecule has 1 nitrogen and oxygen atoms in total. The molecule has 0 fully saturated rings. The zero-order valence-electron chi connectivity index (χ0n) is 9.48. The summed E-state index contributed by atoms with van der Waals surface area (Å²) >= 11 is 15.0. The lowest BCUT2D eigenvalue weighted by Gasteiger charge is -2.10. The number of nitrogens with one attached hydrogen (secondary N) is 1. The molecule has 0 unspecified atom stereocenters. The third-order valence-electron chi connectivity index (χ3n) is 2.46. The molecule has 100 valence electrons. The lowest BCUT2D eigenvalue weighted by molar-refractivity contribution is 0.585. The first kappa shape index (κ1) is 14.6. The third kappa shape index (κ3) is 3.59. The van der Waals surface area contributed by atoms with Gasteiger partial charge in [-0.15, -0.1) is 0 Å². The van der Waals surface area contributed by atoms with E-state index in [4.69, 9.17) is 23.2 Å². The molecule has 2 aromatic rings. The molecule has 0 saturated heterocycles. The predicted octanol–water partition coefficient (Wildman–Crippen LogP) is 5.65. The first-order valence-corrected chi connectivity index (χ1v) is 6.84. The second kappa shape index (κ2) is 6.07. The number of rotatable bonds is 3. The fourth-order valence-electron chi connectivity index (χ4n) is 1.55. The van der Waals surface area contributed by atoms with Crippen LogP contribution in [0, 0.1) is 11.6 Å². The number of benzene rings is 2. The molecule has 2 aromatic carbocycles. The molecule has 6 heteroatoms. The second-order valence-corrected chi connectivity index (χ2v) is 5.52. The molecule has 19 heavy (non-hydrogen) atoms. The molecule has 0 heterocycles. The van der Waals surface area contributed by atoms with Gasteiger partial charge in [0.2, 0.25) is 0 Å². The van der Waals surface area contributed by atoms with Crippen LogP contribution in [0.5, 0.6) is 0 Å². The number of hydrogen-bond donors (Lipinski definition) is 1. The maximum atomic E-state index is 13.5. The summed E-state index contributed by atoms with van der Waals surface area (Å²) in [6.07, 6.45) is 0. The van der Waals surface area contributed by atoms with E-state index in [1.165, 1.54) is 0 Å². The van der Waals surface area contributed by atoms with Crippen LogP contribution in [0.1, 0.15) is 5.56 Å². The van der Waals surface area contributed by atoms with E-state index in [1.807, 2.05) is 6.07 Å². The normalized spacial score (nSPS) is 10.6. The molecule has 0 spiro atoms.